The standard InChI is InChI=1S/C13H16N2O3S/c1-10-3-4-13(11(2)7-10)19(16,17)15-6-5-12-8-18-9-14-12/h3-4,7-9,15H,5-6H2,1-2H3. The Balaban J connectivity index is 2.05. The van der Waals surface area contributed by atoms with Crippen molar-refractivity contribution in [3.8, 4) is 0 Å². The molecular weight excluding hydrogens is 264 g/mol. The molecule has 0 fully saturated rings. The minimum absolute atomic E-state index is 0.294. The monoisotopic (exact) mass is 280 g/mol. The number of hydrogen-bond donors (Lipinski definition) is 1. The number of nitrogens with zero attached hydrogens (tertiary/aromatic N) is 1. The van der Waals surface area contributed by atoms with Gasteiger partial charge >= 0.3 is 0 Å². The summed E-state index contributed by atoms with van der Waals surface area (Å²) in [4.78, 5) is 4.25. The molecule has 0 saturated heterocycles. The molecule has 0 spiro atoms. The van der Waals surface area contributed by atoms with Crippen LogP contribution in [0.2, 0.25) is 0 Å². The van der Waals surface area contributed by atoms with Crippen LogP contribution < -0.4 is 4.72 Å². The second kappa shape index (κ2) is 5.54. The Bertz CT molecular complexity index is 649. The first-order valence-electron chi connectivity index (χ1n) is 5.93. The molecule has 0 aliphatic carbocycles. The van der Waals surface area contributed by atoms with E-state index in [0.29, 0.717) is 17.9 Å². The lowest BCUT2D eigenvalue weighted by atomic mass is 10.2. The highest BCUT2D eigenvalue weighted by Gasteiger charge is 2.16. The van der Waals surface area contributed by atoms with E-state index in [0.717, 1.165) is 16.8 Å². The summed E-state index contributed by atoms with van der Waals surface area (Å²) in [6.07, 6.45) is 3.33. The maximum atomic E-state index is 12.1. The van der Waals surface area contributed by atoms with Gasteiger partial charge in [0.25, 0.3) is 0 Å². The molecule has 2 rings (SSSR count). The second-order valence-corrected chi connectivity index (χ2v) is 6.13. The van der Waals surface area contributed by atoms with Crippen LogP contribution in [0.15, 0.2) is 40.2 Å². The third kappa shape index (κ3) is 3.42. The van der Waals surface area contributed by atoms with Crippen molar-refractivity contribution in [1.29, 1.82) is 0 Å². The van der Waals surface area contributed by atoms with Crippen molar-refractivity contribution in [3.05, 3.63) is 47.7 Å². The lowest BCUT2D eigenvalue weighted by Gasteiger charge is -2.09. The van der Waals surface area contributed by atoms with E-state index >= 15 is 0 Å². The smallest absolute Gasteiger partial charge is 0.240 e. The van der Waals surface area contributed by atoms with Crippen LogP contribution in [-0.2, 0) is 16.4 Å². The fourth-order valence-electron chi connectivity index (χ4n) is 1.85. The minimum Gasteiger partial charge on any atom is -0.451 e. The fourth-order valence-corrected chi connectivity index (χ4v) is 3.11. The van der Waals surface area contributed by atoms with Gasteiger partial charge in [0.2, 0.25) is 10.0 Å². The second-order valence-electron chi connectivity index (χ2n) is 4.40. The van der Waals surface area contributed by atoms with Crippen LogP contribution in [-0.4, -0.2) is 19.9 Å². The van der Waals surface area contributed by atoms with Gasteiger partial charge in [-0.25, -0.2) is 18.1 Å². The third-order valence-electron chi connectivity index (χ3n) is 2.78. The van der Waals surface area contributed by atoms with E-state index in [2.05, 4.69) is 9.71 Å². The molecule has 0 amide bonds. The molecule has 102 valence electrons. The quantitative estimate of drug-likeness (QED) is 0.906. The zero-order valence-corrected chi connectivity index (χ0v) is 11.7. The number of rotatable bonds is 5. The molecule has 0 aliphatic rings. The highest BCUT2D eigenvalue weighted by Crippen LogP contribution is 2.16. The van der Waals surface area contributed by atoms with E-state index in [-0.39, 0.29) is 0 Å². The van der Waals surface area contributed by atoms with Crippen LogP contribution in [0, 0.1) is 13.8 Å². The number of aryl methyl sites for hydroxylation is 2. The minimum atomic E-state index is -3.47. The summed E-state index contributed by atoms with van der Waals surface area (Å²) in [5, 5.41) is 0. The first-order chi connectivity index (χ1) is 8.99. The molecule has 0 aliphatic heterocycles. The van der Waals surface area contributed by atoms with Gasteiger partial charge in [-0.2, -0.15) is 0 Å². The fraction of sp³-hybridized carbons (Fsp3) is 0.308. The number of aromatic nitrogens is 1. The molecule has 0 radical (unpaired) electrons. The third-order valence-corrected chi connectivity index (χ3v) is 4.40. The van der Waals surface area contributed by atoms with Crippen molar-refractivity contribution in [1.82, 2.24) is 9.71 Å². The summed E-state index contributed by atoms with van der Waals surface area (Å²) < 4.78 is 31.7. The molecule has 19 heavy (non-hydrogen) atoms. The van der Waals surface area contributed by atoms with Crippen LogP contribution in [0.4, 0.5) is 0 Å². The number of nitrogens with one attached hydrogen (secondary N) is 1. The Morgan fingerprint density at radius 1 is 1.32 bits per heavy atom. The molecule has 1 heterocycles. The van der Waals surface area contributed by atoms with Crippen molar-refractivity contribution in [2.45, 2.75) is 25.2 Å². The Kier molecular flexibility index (Phi) is 4.01. The van der Waals surface area contributed by atoms with E-state index in [1.54, 1.807) is 19.1 Å². The molecule has 0 bridgehead atoms. The summed E-state index contributed by atoms with van der Waals surface area (Å²) in [6, 6.07) is 5.27. The predicted molar refractivity (Wildman–Crippen MR) is 71.3 cm³/mol. The Morgan fingerprint density at radius 2 is 2.11 bits per heavy atom. The van der Waals surface area contributed by atoms with Crippen LogP contribution in [0.25, 0.3) is 0 Å². The molecule has 1 aromatic carbocycles. The largest absolute Gasteiger partial charge is 0.451 e. The van der Waals surface area contributed by atoms with Gasteiger partial charge in [-0.05, 0) is 25.5 Å². The predicted octanol–water partition coefficient (Wildman–Crippen LogP) is 1.81. The van der Waals surface area contributed by atoms with Crippen molar-refractivity contribution >= 4 is 10.0 Å². The Labute approximate surface area is 112 Å². The maximum absolute atomic E-state index is 12.1. The number of hydrogen-bond acceptors (Lipinski definition) is 4. The average molecular weight is 280 g/mol. The average Bonchev–Trinajstić information content (AvgIpc) is 2.81. The Hall–Kier alpha value is -1.66. The van der Waals surface area contributed by atoms with Crippen molar-refractivity contribution < 1.29 is 12.8 Å². The summed E-state index contributed by atoms with van der Waals surface area (Å²) in [5.74, 6) is 0. The van der Waals surface area contributed by atoms with Crippen LogP contribution in [0.5, 0.6) is 0 Å². The van der Waals surface area contributed by atoms with Gasteiger partial charge in [-0.3, -0.25) is 0 Å². The molecule has 0 atom stereocenters. The number of sulfonamides is 1. The lowest BCUT2D eigenvalue weighted by molar-refractivity contribution is 0.555. The molecule has 0 saturated carbocycles. The first-order valence-corrected chi connectivity index (χ1v) is 7.41. The van der Waals surface area contributed by atoms with Gasteiger partial charge in [0.1, 0.15) is 6.26 Å². The molecule has 1 N–H and O–H groups in total. The van der Waals surface area contributed by atoms with E-state index in [1.807, 2.05) is 13.0 Å². The topological polar surface area (TPSA) is 72.2 Å². The number of oxazole rings is 1. The van der Waals surface area contributed by atoms with Gasteiger partial charge in [0.15, 0.2) is 6.39 Å². The molecule has 5 nitrogen and oxygen atoms in total. The molecule has 2 aromatic rings. The van der Waals surface area contributed by atoms with E-state index in [4.69, 9.17) is 4.42 Å². The highest BCUT2D eigenvalue weighted by molar-refractivity contribution is 7.89. The summed E-state index contributed by atoms with van der Waals surface area (Å²) in [5.41, 5.74) is 2.51. The zero-order valence-electron chi connectivity index (χ0n) is 10.9. The zero-order chi connectivity index (χ0) is 13.9. The van der Waals surface area contributed by atoms with Gasteiger partial charge in [0.05, 0.1) is 10.6 Å². The number of benzene rings is 1. The van der Waals surface area contributed by atoms with Crippen LogP contribution in [0.1, 0.15) is 16.8 Å². The SMILES string of the molecule is Cc1ccc(S(=O)(=O)NCCc2cocn2)c(C)c1. The van der Waals surface area contributed by atoms with E-state index < -0.39 is 10.0 Å². The summed E-state index contributed by atoms with van der Waals surface area (Å²) >= 11 is 0. The van der Waals surface area contributed by atoms with Gasteiger partial charge < -0.3 is 4.42 Å². The molecule has 0 unspecified atom stereocenters. The molecule has 6 heteroatoms. The summed E-state index contributed by atoms with van der Waals surface area (Å²) in [7, 11) is -3.47. The first kappa shape index (κ1) is 13.8. The van der Waals surface area contributed by atoms with Crippen LogP contribution >= 0.6 is 0 Å². The Morgan fingerprint density at radius 3 is 2.74 bits per heavy atom. The van der Waals surface area contributed by atoms with Crippen molar-refractivity contribution in [2.75, 3.05) is 6.54 Å². The molecular formula is C13H16N2O3S. The lowest BCUT2D eigenvalue weighted by Crippen LogP contribution is -2.26. The van der Waals surface area contributed by atoms with Gasteiger partial charge in [-0.15, -0.1) is 0 Å². The van der Waals surface area contributed by atoms with Crippen molar-refractivity contribution in [2.24, 2.45) is 0 Å². The van der Waals surface area contributed by atoms with Crippen LogP contribution in [0.3, 0.4) is 0 Å². The normalized spacial score (nSPS) is 11.7. The van der Waals surface area contributed by atoms with E-state index in [1.165, 1.54) is 12.7 Å². The summed E-state index contributed by atoms with van der Waals surface area (Å²) in [6.45, 7) is 4.02. The maximum Gasteiger partial charge on any atom is 0.240 e. The van der Waals surface area contributed by atoms with Gasteiger partial charge in [0, 0.05) is 13.0 Å². The highest BCUT2D eigenvalue weighted by atomic mass is 32.2. The van der Waals surface area contributed by atoms with Crippen molar-refractivity contribution in [3.63, 3.8) is 0 Å². The van der Waals surface area contributed by atoms with Gasteiger partial charge in [-0.1, -0.05) is 17.7 Å². The molecule has 1 aromatic heterocycles. The van der Waals surface area contributed by atoms with E-state index in [9.17, 15) is 8.42 Å².